The molecule has 3 N–H and O–H groups in total. The molecule has 2 rings (SSSR count). The van der Waals surface area contributed by atoms with Gasteiger partial charge < -0.3 is 15.5 Å². The number of thioether (sulfide) groups is 1. The number of halogens is 2. The number of carbonyl (C=O) groups excluding carboxylic acids is 2. The van der Waals surface area contributed by atoms with Crippen molar-refractivity contribution in [2.45, 2.75) is 24.5 Å². The van der Waals surface area contributed by atoms with Gasteiger partial charge in [0, 0.05) is 10.6 Å². The van der Waals surface area contributed by atoms with Crippen LogP contribution in [0.5, 0.6) is 0 Å². The molecule has 0 aromatic heterocycles. The zero-order valence-electron chi connectivity index (χ0n) is 16.0. The highest BCUT2D eigenvalue weighted by molar-refractivity contribution is 7.99. The average molecular weight is 408 g/mol. The van der Waals surface area contributed by atoms with Gasteiger partial charge in [-0.2, -0.15) is 8.78 Å². The molecule has 0 heterocycles. The number of anilines is 2. The fourth-order valence-electron chi connectivity index (χ4n) is 2.65. The number of aryl methyl sites for hydroxylation is 1. The lowest BCUT2D eigenvalue weighted by molar-refractivity contribution is -0.862. The Bertz CT molecular complexity index is 846. The van der Waals surface area contributed by atoms with Crippen LogP contribution in [0.3, 0.4) is 0 Å². The Morgan fingerprint density at radius 1 is 0.964 bits per heavy atom. The summed E-state index contributed by atoms with van der Waals surface area (Å²) in [5, 5.41) is 5.50. The standard InChI is InChI=1S/C20H23F2N3O2S/c1-13-7-6-9-15(14(13)2)23-18(26)11-25(3)12-19(27)24-16-8-4-5-10-17(16)28-20(21)22/h4-10,20H,11-12H2,1-3H3,(H,23,26)(H,24,27)/p+1. The molecule has 2 aromatic carbocycles. The van der Waals surface area contributed by atoms with E-state index in [1.807, 2.05) is 32.0 Å². The van der Waals surface area contributed by atoms with E-state index in [4.69, 9.17) is 0 Å². The fourth-order valence-corrected chi connectivity index (χ4v) is 3.25. The third-order valence-electron chi connectivity index (χ3n) is 4.18. The van der Waals surface area contributed by atoms with Gasteiger partial charge in [-0.1, -0.05) is 36.0 Å². The first-order valence-corrected chi connectivity index (χ1v) is 9.65. The number of hydrogen-bond acceptors (Lipinski definition) is 3. The van der Waals surface area contributed by atoms with Gasteiger partial charge in [-0.3, -0.25) is 9.59 Å². The molecular weight excluding hydrogens is 384 g/mol. The molecule has 0 saturated heterocycles. The second-order valence-corrected chi connectivity index (χ2v) is 7.56. The van der Waals surface area contributed by atoms with Crippen LogP contribution in [-0.2, 0) is 9.59 Å². The molecule has 2 aromatic rings. The predicted molar refractivity (Wildman–Crippen MR) is 108 cm³/mol. The lowest BCUT2D eigenvalue weighted by Gasteiger charge is -2.16. The van der Waals surface area contributed by atoms with E-state index in [1.54, 1.807) is 25.2 Å². The van der Waals surface area contributed by atoms with Crippen molar-refractivity contribution in [1.29, 1.82) is 0 Å². The van der Waals surface area contributed by atoms with E-state index < -0.39 is 5.76 Å². The highest BCUT2D eigenvalue weighted by atomic mass is 32.2. The Labute approximate surface area is 167 Å². The normalized spacial score (nSPS) is 11.9. The molecule has 0 radical (unpaired) electrons. The Kier molecular flexibility index (Phi) is 7.95. The Balaban J connectivity index is 1.89. The number of alkyl halides is 2. The van der Waals surface area contributed by atoms with Crippen molar-refractivity contribution in [2.24, 2.45) is 0 Å². The average Bonchev–Trinajstić information content (AvgIpc) is 2.60. The van der Waals surface area contributed by atoms with Gasteiger partial charge >= 0.3 is 0 Å². The van der Waals surface area contributed by atoms with E-state index in [2.05, 4.69) is 10.6 Å². The molecule has 0 saturated carbocycles. The number of likely N-dealkylation sites (N-methyl/N-ethyl adjacent to an activating group) is 1. The van der Waals surface area contributed by atoms with Gasteiger partial charge in [0.1, 0.15) is 0 Å². The third kappa shape index (κ3) is 6.61. The minimum absolute atomic E-state index is 0.0356. The van der Waals surface area contributed by atoms with Crippen molar-refractivity contribution >= 4 is 35.0 Å². The Hall–Kier alpha value is -2.45. The predicted octanol–water partition coefficient (Wildman–Crippen LogP) is 2.71. The molecule has 0 aliphatic carbocycles. The largest absolute Gasteiger partial charge is 0.322 e. The molecule has 0 aliphatic rings. The van der Waals surface area contributed by atoms with Crippen LogP contribution in [0.2, 0.25) is 0 Å². The third-order valence-corrected chi connectivity index (χ3v) is 4.97. The molecule has 1 atom stereocenters. The van der Waals surface area contributed by atoms with Gasteiger partial charge in [0.25, 0.3) is 17.6 Å². The van der Waals surface area contributed by atoms with Crippen LogP contribution in [0, 0.1) is 13.8 Å². The number of rotatable bonds is 8. The first kappa shape index (κ1) is 21.8. The lowest BCUT2D eigenvalue weighted by atomic mass is 10.1. The molecule has 0 aliphatic heterocycles. The fraction of sp³-hybridized carbons (Fsp3) is 0.300. The Morgan fingerprint density at radius 3 is 2.18 bits per heavy atom. The van der Waals surface area contributed by atoms with E-state index in [1.165, 1.54) is 6.07 Å². The molecule has 0 bridgehead atoms. The van der Waals surface area contributed by atoms with Crippen LogP contribution in [0.25, 0.3) is 0 Å². The molecule has 28 heavy (non-hydrogen) atoms. The number of benzene rings is 2. The van der Waals surface area contributed by atoms with Crippen molar-refractivity contribution in [3.8, 4) is 0 Å². The van der Waals surface area contributed by atoms with Gasteiger partial charge in [-0.05, 0) is 43.2 Å². The van der Waals surface area contributed by atoms with Crippen LogP contribution in [0.15, 0.2) is 47.4 Å². The number of para-hydroxylation sites is 1. The summed E-state index contributed by atoms with van der Waals surface area (Å²) < 4.78 is 25.3. The van der Waals surface area contributed by atoms with Crippen LogP contribution < -0.4 is 15.5 Å². The van der Waals surface area contributed by atoms with Gasteiger partial charge in [0.05, 0.1) is 12.7 Å². The van der Waals surface area contributed by atoms with E-state index in [9.17, 15) is 18.4 Å². The molecule has 5 nitrogen and oxygen atoms in total. The molecule has 2 amide bonds. The Morgan fingerprint density at radius 2 is 1.54 bits per heavy atom. The van der Waals surface area contributed by atoms with Crippen LogP contribution in [-0.4, -0.2) is 37.7 Å². The molecule has 0 spiro atoms. The van der Waals surface area contributed by atoms with E-state index in [0.29, 0.717) is 27.2 Å². The van der Waals surface area contributed by atoms with Crippen molar-refractivity contribution < 1.29 is 23.3 Å². The van der Waals surface area contributed by atoms with Crippen LogP contribution >= 0.6 is 11.8 Å². The number of carbonyl (C=O) groups is 2. The molecular formula is C20H24F2N3O2S+. The van der Waals surface area contributed by atoms with E-state index >= 15 is 0 Å². The van der Waals surface area contributed by atoms with Gasteiger partial charge in [0.15, 0.2) is 13.1 Å². The summed E-state index contributed by atoms with van der Waals surface area (Å²) in [5.74, 6) is -3.12. The van der Waals surface area contributed by atoms with Gasteiger partial charge in [-0.15, -0.1) is 0 Å². The maximum atomic E-state index is 12.6. The summed E-state index contributed by atoms with van der Waals surface area (Å²) >= 11 is 0.381. The summed E-state index contributed by atoms with van der Waals surface area (Å²) in [4.78, 5) is 25.5. The highest BCUT2D eigenvalue weighted by Gasteiger charge is 2.17. The molecule has 150 valence electrons. The number of amides is 2. The first-order valence-electron chi connectivity index (χ1n) is 8.77. The summed E-state index contributed by atoms with van der Waals surface area (Å²) in [7, 11) is 1.72. The van der Waals surface area contributed by atoms with Crippen molar-refractivity contribution in [1.82, 2.24) is 0 Å². The van der Waals surface area contributed by atoms with Crippen LogP contribution in [0.1, 0.15) is 11.1 Å². The number of hydrogen-bond donors (Lipinski definition) is 3. The monoisotopic (exact) mass is 408 g/mol. The van der Waals surface area contributed by atoms with Gasteiger partial charge in [-0.25, -0.2) is 0 Å². The highest BCUT2D eigenvalue weighted by Crippen LogP contribution is 2.31. The SMILES string of the molecule is Cc1cccc(NC(=O)C[NH+](C)CC(=O)Nc2ccccc2SC(F)F)c1C. The summed E-state index contributed by atoms with van der Waals surface area (Å²) in [6.07, 6.45) is 0. The van der Waals surface area contributed by atoms with Crippen LogP contribution in [0.4, 0.5) is 20.2 Å². The first-order chi connectivity index (χ1) is 13.3. The molecule has 0 fully saturated rings. The maximum Gasteiger partial charge on any atom is 0.288 e. The number of quaternary nitrogens is 1. The zero-order chi connectivity index (χ0) is 20.7. The summed E-state index contributed by atoms with van der Waals surface area (Å²) in [6.45, 7) is 4.04. The topological polar surface area (TPSA) is 62.6 Å². The van der Waals surface area contributed by atoms with Crippen molar-refractivity contribution in [2.75, 3.05) is 30.8 Å². The van der Waals surface area contributed by atoms with Gasteiger partial charge in [0.2, 0.25) is 0 Å². The smallest absolute Gasteiger partial charge is 0.288 e. The second kappa shape index (κ2) is 10.2. The van der Waals surface area contributed by atoms with Crippen molar-refractivity contribution in [3.05, 3.63) is 53.6 Å². The summed E-state index contributed by atoms with van der Waals surface area (Å²) in [5.41, 5.74) is 3.17. The zero-order valence-corrected chi connectivity index (χ0v) is 16.8. The second-order valence-electron chi connectivity index (χ2n) is 6.53. The number of nitrogens with one attached hydrogen (secondary N) is 3. The quantitative estimate of drug-likeness (QED) is 0.589. The van der Waals surface area contributed by atoms with E-state index in [0.717, 1.165) is 16.8 Å². The molecule has 8 heteroatoms. The minimum Gasteiger partial charge on any atom is -0.322 e. The minimum atomic E-state index is -2.57. The van der Waals surface area contributed by atoms with Crippen molar-refractivity contribution in [3.63, 3.8) is 0 Å². The lowest BCUT2D eigenvalue weighted by Crippen LogP contribution is -3.11. The maximum absolute atomic E-state index is 12.6. The van der Waals surface area contributed by atoms with E-state index in [-0.39, 0.29) is 24.9 Å². The summed E-state index contributed by atoms with van der Waals surface area (Å²) in [6, 6.07) is 12.1. The molecule has 1 unspecified atom stereocenters.